The van der Waals surface area contributed by atoms with Crippen molar-refractivity contribution in [2.45, 2.75) is 78.6 Å². The van der Waals surface area contributed by atoms with Crippen molar-refractivity contribution in [2.24, 2.45) is 11.8 Å². The lowest BCUT2D eigenvalue weighted by Crippen LogP contribution is -2.42. The molecule has 33 heavy (non-hydrogen) atoms. The summed E-state index contributed by atoms with van der Waals surface area (Å²) in [6.07, 6.45) is 10.6. The Morgan fingerprint density at radius 3 is 2.12 bits per heavy atom. The lowest BCUT2D eigenvalue weighted by Gasteiger charge is -2.37. The van der Waals surface area contributed by atoms with Gasteiger partial charge in [0.25, 0.3) is 11.8 Å². The SMILES string of the molecule is CCCCCCCCCCN1C(=O)C(c2ccccc2OC)=C(N2CC(C)CC(C)C2)C1=O. The van der Waals surface area contributed by atoms with E-state index < -0.39 is 0 Å². The van der Waals surface area contributed by atoms with Gasteiger partial charge in [0.15, 0.2) is 0 Å². The molecule has 0 saturated carbocycles. The molecule has 1 fully saturated rings. The molecule has 2 atom stereocenters. The predicted octanol–water partition coefficient (Wildman–Crippen LogP) is 5.89. The van der Waals surface area contributed by atoms with Crippen molar-refractivity contribution in [3.63, 3.8) is 0 Å². The molecule has 0 aliphatic carbocycles. The number of nitrogens with zero attached hydrogens (tertiary/aromatic N) is 2. The second kappa shape index (κ2) is 12.2. The molecule has 5 nitrogen and oxygen atoms in total. The Kier molecular flexibility index (Phi) is 9.40. The normalized spacial score (nSPS) is 21.3. The van der Waals surface area contributed by atoms with Crippen molar-refractivity contribution in [2.75, 3.05) is 26.7 Å². The summed E-state index contributed by atoms with van der Waals surface area (Å²) in [5.41, 5.74) is 1.80. The molecule has 2 amide bonds. The molecule has 1 saturated heterocycles. The van der Waals surface area contributed by atoms with Crippen LogP contribution in [-0.2, 0) is 9.59 Å². The van der Waals surface area contributed by atoms with Gasteiger partial charge in [0.2, 0.25) is 0 Å². The monoisotopic (exact) mass is 454 g/mol. The number of piperidine rings is 1. The first-order valence-corrected chi connectivity index (χ1v) is 13.0. The van der Waals surface area contributed by atoms with Crippen molar-refractivity contribution in [1.29, 1.82) is 0 Å². The highest BCUT2D eigenvalue weighted by atomic mass is 16.5. The highest BCUT2D eigenvalue weighted by Crippen LogP contribution is 2.38. The van der Waals surface area contributed by atoms with Gasteiger partial charge in [0, 0.05) is 25.2 Å². The van der Waals surface area contributed by atoms with Gasteiger partial charge in [-0.05, 0) is 30.7 Å². The summed E-state index contributed by atoms with van der Waals surface area (Å²) in [5.74, 6) is 1.31. The third-order valence-electron chi connectivity index (χ3n) is 6.94. The van der Waals surface area contributed by atoms with Crippen molar-refractivity contribution in [1.82, 2.24) is 9.80 Å². The molecular weight excluding hydrogens is 412 g/mol. The Balaban J connectivity index is 1.77. The standard InChI is InChI=1S/C28H42N2O3/c1-5-6-7-8-9-10-11-14-17-30-27(31)25(23-15-12-13-16-24(23)33-4)26(28(30)32)29-19-21(2)18-22(3)20-29/h12-13,15-16,21-22H,5-11,14,17-20H2,1-4H3. The summed E-state index contributed by atoms with van der Waals surface area (Å²) in [4.78, 5) is 30.9. The summed E-state index contributed by atoms with van der Waals surface area (Å²) in [5, 5.41) is 0. The number of likely N-dealkylation sites (tertiary alicyclic amines) is 1. The molecule has 5 heteroatoms. The fraction of sp³-hybridized carbons (Fsp3) is 0.643. The van der Waals surface area contributed by atoms with Gasteiger partial charge in [-0.3, -0.25) is 14.5 Å². The first-order chi connectivity index (χ1) is 16.0. The first kappa shape index (κ1) is 25.3. The van der Waals surface area contributed by atoms with Gasteiger partial charge in [-0.25, -0.2) is 0 Å². The highest BCUT2D eigenvalue weighted by molar-refractivity contribution is 6.36. The Labute approximate surface area is 200 Å². The number of hydrogen-bond acceptors (Lipinski definition) is 4. The van der Waals surface area contributed by atoms with Crippen LogP contribution in [0, 0.1) is 11.8 Å². The molecule has 2 unspecified atom stereocenters. The smallest absolute Gasteiger partial charge is 0.277 e. The fourth-order valence-electron chi connectivity index (χ4n) is 5.40. The van der Waals surface area contributed by atoms with Gasteiger partial charge < -0.3 is 9.64 Å². The molecule has 2 heterocycles. The van der Waals surface area contributed by atoms with Crippen LogP contribution in [-0.4, -0.2) is 48.4 Å². The van der Waals surface area contributed by atoms with Crippen LogP contribution < -0.4 is 4.74 Å². The van der Waals surface area contributed by atoms with Crippen molar-refractivity contribution in [3.8, 4) is 5.75 Å². The van der Waals surface area contributed by atoms with Crippen molar-refractivity contribution in [3.05, 3.63) is 35.5 Å². The lowest BCUT2D eigenvalue weighted by atomic mass is 9.91. The van der Waals surface area contributed by atoms with Crippen LogP contribution in [0.1, 0.15) is 84.1 Å². The zero-order chi connectivity index (χ0) is 23.8. The Hall–Kier alpha value is -2.30. The Bertz CT molecular complexity index is 837. The average molecular weight is 455 g/mol. The maximum absolute atomic E-state index is 13.6. The molecule has 182 valence electrons. The third kappa shape index (κ3) is 6.18. The number of carbonyl (C=O) groups excluding carboxylic acids is 2. The number of methoxy groups -OCH3 is 1. The number of carbonyl (C=O) groups is 2. The van der Waals surface area contributed by atoms with E-state index in [4.69, 9.17) is 4.74 Å². The Morgan fingerprint density at radius 2 is 1.48 bits per heavy atom. The maximum atomic E-state index is 13.6. The van der Waals surface area contributed by atoms with E-state index in [0.29, 0.717) is 35.4 Å². The molecule has 0 radical (unpaired) electrons. The van der Waals surface area contributed by atoms with Crippen molar-refractivity contribution >= 4 is 17.4 Å². The zero-order valence-electron chi connectivity index (χ0n) is 21.1. The summed E-state index contributed by atoms with van der Waals surface area (Å²) < 4.78 is 5.57. The van der Waals surface area contributed by atoms with E-state index in [9.17, 15) is 9.59 Å². The number of ether oxygens (including phenoxy) is 1. The minimum absolute atomic E-state index is 0.134. The topological polar surface area (TPSA) is 49.9 Å². The number of amides is 2. The minimum atomic E-state index is -0.173. The van der Waals surface area contributed by atoms with Crippen LogP contribution in [0.25, 0.3) is 5.57 Å². The van der Waals surface area contributed by atoms with Crippen LogP contribution >= 0.6 is 0 Å². The number of imide groups is 1. The van der Waals surface area contributed by atoms with Crippen LogP contribution in [0.5, 0.6) is 5.75 Å². The van der Waals surface area contributed by atoms with E-state index in [1.54, 1.807) is 7.11 Å². The lowest BCUT2D eigenvalue weighted by molar-refractivity contribution is -0.137. The summed E-state index contributed by atoms with van der Waals surface area (Å²) in [6, 6.07) is 7.56. The van der Waals surface area contributed by atoms with Crippen LogP contribution in [0.4, 0.5) is 0 Å². The largest absolute Gasteiger partial charge is 0.496 e. The highest BCUT2D eigenvalue weighted by Gasteiger charge is 2.43. The van der Waals surface area contributed by atoms with Gasteiger partial charge in [0.05, 0.1) is 12.7 Å². The first-order valence-electron chi connectivity index (χ1n) is 13.0. The van der Waals surface area contributed by atoms with Gasteiger partial charge in [-0.1, -0.05) is 83.9 Å². The molecular formula is C28H42N2O3. The predicted molar refractivity (Wildman–Crippen MR) is 134 cm³/mol. The molecule has 0 N–H and O–H groups in total. The zero-order valence-corrected chi connectivity index (χ0v) is 21.1. The van der Waals surface area contributed by atoms with Crippen LogP contribution in [0.2, 0.25) is 0 Å². The van der Waals surface area contributed by atoms with E-state index in [-0.39, 0.29) is 11.8 Å². The molecule has 2 aliphatic rings. The molecule has 1 aromatic rings. The average Bonchev–Trinajstić information content (AvgIpc) is 3.04. The maximum Gasteiger partial charge on any atom is 0.277 e. The summed E-state index contributed by atoms with van der Waals surface area (Å²) >= 11 is 0. The van der Waals surface area contributed by atoms with E-state index in [0.717, 1.165) is 37.9 Å². The number of para-hydroxylation sites is 1. The van der Waals surface area contributed by atoms with E-state index >= 15 is 0 Å². The summed E-state index contributed by atoms with van der Waals surface area (Å²) in [6.45, 7) is 8.80. The van der Waals surface area contributed by atoms with E-state index in [1.807, 2.05) is 24.3 Å². The second-order valence-electron chi connectivity index (χ2n) is 10.0. The van der Waals surface area contributed by atoms with Crippen LogP contribution in [0.3, 0.4) is 0 Å². The minimum Gasteiger partial charge on any atom is -0.496 e. The second-order valence-corrected chi connectivity index (χ2v) is 10.0. The number of rotatable bonds is 12. The van der Waals surface area contributed by atoms with Crippen molar-refractivity contribution < 1.29 is 14.3 Å². The Morgan fingerprint density at radius 1 is 0.879 bits per heavy atom. The molecule has 0 spiro atoms. The molecule has 0 bridgehead atoms. The van der Waals surface area contributed by atoms with E-state index in [1.165, 1.54) is 43.4 Å². The van der Waals surface area contributed by atoms with E-state index in [2.05, 4.69) is 25.7 Å². The molecule has 2 aliphatic heterocycles. The van der Waals surface area contributed by atoms with Gasteiger partial charge in [-0.15, -0.1) is 0 Å². The fourth-order valence-corrected chi connectivity index (χ4v) is 5.40. The van der Waals surface area contributed by atoms with Gasteiger partial charge >= 0.3 is 0 Å². The molecule has 1 aromatic carbocycles. The third-order valence-corrected chi connectivity index (χ3v) is 6.94. The molecule has 0 aromatic heterocycles. The number of unbranched alkanes of at least 4 members (excludes halogenated alkanes) is 7. The number of hydrogen-bond donors (Lipinski definition) is 0. The quantitative estimate of drug-likeness (QED) is 0.292. The van der Waals surface area contributed by atoms with Gasteiger partial charge in [0.1, 0.15) is 11.4 Å². The number of benzene rings is 1. The summed E-state index contributed by atoms with van der Waals surface area (Å²) in [7, 11) is 1.61. The molecule has 3 rings (SSSR count). The van der Waals surface area contributed by atoms with Crippen LogP contribution in [0.15, 0.2) is 30.0 Å². The van der Waals surface area contributed by atoms with Gasteiger partial charge in [-0.2, -0.15) is 0 Å².